The Bertz CT molecular complexity index is 336. The van der Waals surface area contributed by atoms with E-state index in [1.807, 2.05) is 0 Å². The van der Waals surface area contributed by atoms with Crippen LogP contribution in [-0.4, -0.2) is 36.6 Å². The summed E-state index contributed by atoms with van der Waals surface area (Å²) in [5.41, 5.74) is 1.45. The van der Waals surface area contributed by atoms with Gasteiger partial charge in [0.15, 0.2) is 0 Å². The van der Waals surface area contributed by atoms with Crippen molar-refractivity contribution >= 4 is 0 Å². The molecule has 0 amide bonds. The molecule has 2 atom stereocenters. The lowest BCUT2D eigenvalue weighted by Gasteiger charge is -2.30. The van der Waals surface area contributed by atoms with E-state index in [0.717, 1.165) is 6.42 Å². The SMILES string of the molecule is CCC1CN(C(C)Cc2ccccc2)CCCN1. The van der Waals surface area contributed by atoms with Crippen LogP contribution in [0.25, 0.3) is 0 Å². The Morgan fingerprint density at radius 1 is 1.33 bits per heavy atom. The molecule has 0 bridgehead atoms. The molecule has 0 spiro atoms. The minimum absolute atomic E-state index is 0.640. The monoisotopic (exact) mass is 246 g/mol. The van der Waals surface area contributed by atoms with Crippen LogP contribution < -0.4 is 5.32 Å². The molecule has 1 fully saturated rings. The molecule has 0 saturated carbocycles. The largest absolute Gasteiger partial charge is 0.313 e. The van der Waals surface area contributed by atoms with E-state index < -0.39 is 0 Å². The van der Waals surface area contributed by atoms with Gasteiger partial charge in [0, 0.05) is 18.6 Å². The lowest BCUT2D eigenvalue weighted by molar-refractivity contribution is 0.202. The van der Waals surface area contributed by atoms with Crippen molar-refractivity contribution in [2.24, 2.45) is 0 Å². The standard InChI is InChI=1S/C16H26N2/c1-3-16-13-18(11-7-10-17-16)14(2)12-15-8-5-4-6-9-15/h4-6,8-9,14,16-17H,3,7,10-13H2,1-2H3. The van der Waals surface area contributed by atoms with Gasteiger partial charge in [-0.3, -0.25) is 4.90 Å². The molecule has 2 nitrogen and oxygen atoms in total. The Labute approximate surface area is 111 Å². The lowest BCUT2D eigenvalue weighted by atomic mass is 10.1. The first-order valence-corrected chi connectivity index (χ1v) is 7.31. The number of benzene rings is 1. The maximum absolute atomic E-state index is 3.64. The van der Waals surface area contributed by atoms with Crippen LogP contribution in [0.4, 0.5) is 0 Å². The fourth-order valence-corrected chi connectivity index (χ4v) is 2.79. The van der Waals surface area contributed by atoms with Gasteiger partial charge < -0.3 is 5.32 Å². The summed E-state index contributed by atoms with van der Waals surface area (Å²) in [7, 11) is 0. The van der Waals surface area contributed by atoms with Crippen molar-refractivity contribution in [2.45, 2.75) is 45.2 Å². The molecule has 2 heteroatoms. The molecule has 1 N–H and O–H groups in total. The average Bonchev–Trinajstić information content (AvgIpc) is 2.65. The minimum Gasteiger partial charge on any atom is -0.313 e. The molecular formula is C16H26N2. The number of nitrogens with one attached hydrogen (secondary N) is 1. The average molecular weight is 246 g/mol. The summed E-state index contributed by atoms with van der Waals surface area (Å²) < 4.78 is 0. The van der Waals surface area contributed by atoms with Crippen LogP contribution >= 0.6 is 0 Å². The Hall–Kier alpha value is -0.860. The van der Waals surface area contributed by atoms with Crippen LogP contribution in [0.15, 0.2) is 30.3 Å². The van der Waals surface area contributed by atoms with Crippen LogP contribution in [-0.2, 0) is 6.42 Å². The summed E-state index contributed by atoms with van der Waals surface area (Å²) in [6, 6.07) is 12.2. The molecule has 0 radical (unpaired) electrons. The minimum atomic E-state index is 0.640. The molecule has 1 aromatic rings. The van der Waals surface area contributed by atoms with Gasteiger partial charge in [-0.1, -0.05) is 37.3 Å². The van der Waals surface area contributed by atoms with Crippen LogP contribution in [0.3, 0.4) is 0 Å². The van der Waals surface area contributed by atoms with Gasteiger partial charge >= 0.3 is 0 Å². The van der Waals surface area contributed by atoms with Gasteiger partial charge in [0.1, 0.15) is 0 Å². The van der Waals surface area contributed by atoms with Crippen molar-refractivity contribution in [1.82, 2.24) is 10.2 Å². The topological polar surface area (TPSA) is 15.3 Å². The van der Waals surface area contributed by atoms with E-state index in [0.29, 0.717) is 12.1 Å². The fourth-order valence-electron chi connectivity index (χ4n) is 2.79. The van der Waals surface area contributed by atoms with Crippen molar-refractivity contribution in [1.29, 1.82) is 0 Å². The van der Waals surface area contributed by atoms with Gasteiger partial charge in [-0.25, -0.2) is 0 Å². The normalized spacial score (nSPS) is 23.6. The molecule has 1 aliphatic heterocycles. The predicted molar refractivity (Wildman–Crippen MR) is 77.9 cm³/mol. The zero-order valence-corrected chi connectivity index (χ0v) is 11.7. The van der Waals surface area contributed by atoms with Gasteiger partial charge in [-0.05, 0) is 44.8 Å². The molecule has 1 saturated heterocycles. The van der Waals surface area contributed by atoms with Crippen molar-refractivity contribution in [3.05, 3.63) is 35.9 Å². The second-order valence-corrected chi connectivity index (χ2v) is 5.45. The molecule has 0 aliphatic carbocycles. The van der Waals surface area contributed by atoms with E-state index in [1.54, 1.807) is 0 Å². The Balaban J connectivity index is 1.92. The Kier molecular flexibility index (Phi) is 5.21. The maximum atomic E-state index is 3.64. The van der Waals surface area contributed by atoms with Gasteiger partial charge in [-0.2, -0.15) is 0 Å². The van der Waals surface area contributed by atoms with Crippen molar-refractivity contribution in [3.8, 4) is 0 Å². The zero-order valence-electron chi connectivity index (χ0n) is 11.7. The maximum Gasteiger partial charge on any atom is 0.0192 e. The van der Waals surface area contributed by atoms with Crippen molar-refractivity contribution in [3.63, 3.8) is 0 Å². The summed E-state index contributed by atoms with van der Waals surface area (Å²) in [4.78, 5) is 2.65. The molecule has 18 heavy (non-hydrogen) atoms. The Morgan fingerprint density at radius 3 is 2.83 bits per heavy atom. The van der Waals surface area contributed by atoms with Crippen LogP contribution in [0.2, 0.25) is 0 Å². The van der Waals surface area contributed by atoms with E-state index >= 15 is 0 Å². The third-order valence-electron chi connectivity index (χ3n) is 4.00. The van der Waals surface area contributed by atoms with E-state index in [1.165, 1.54) is 38.0 Å². The predicted octanol–water partition coefficient (Wildman–Crippen LogP) is 2.69. The quantitative estimate of drug-likeness (QED) is 0.878. The Morgan fingerprint density at radius 2 is 2.11 bits per heavy atom. The first-order valence-electron chi connectivity index (χ1n) is 7.31. The molecule has 2 unspecified atom stereocenters. The number of nitrogens with zero attached hydrogens (tertiary/aromatic N) is 1. The molecular weight excluding hydrogens is 220 g/mol. The second-order valence-electron chi connectivity index (χ2n) is 5.45. The van der Waals surface area contributed by atoms with Gasteiger partial charge in [0.25, 0.3) is 0 Å². The highest BCUT2D eigenvalue weighted by atomic mass is 15.2. The van der Waals surface area contributed by atoms with E-state index in [9.17, 15) is 0 Å². The summed E-state index contributed by atoms with van der Waals surface area (Å²) in [5.74, 6) is 0. The number of hydrogen-bond donors (Lipinski definition) is 1. The smallest absolute Gasteiger partial charge is 0.0192 e. The van der Waals surface area contributed by atoms with Crippen LogP contribution in [0, 0.1) is 0 Å². The highest BCUT2D eigenvalue weighted by Crippen LogP contribution is 2.12. The third kappa shape index (κ3) is 3.82. The van der Waals surface area contributed by atoms with Gasteiger partial charge in [0.2, 0.25) is 0 Å². The van der Waals surface area contributed by atoms with Crippen LogP contribution in [0.1, 0.15) is 32.3 Å². The second kappa shape index (κ2) is 6.91. The highest BCUT2D eigenvalue weighted by molar-refractivity contribution is 5.15. The van der Waals surface area contributed by atoms with Crippen LogP contribution in [0.5, 0.6) is 0 Å². The molecule has 1 heterocycles. The van der Waals surface area contributed by atoms with E-state index in [-0.39, 0.29) is 0 Å². The van der Waals surface area contributed by atoms with Crippen molar-refractivity contribution < 1.29 is 0 Å². The summed E-state index contributed by atoms with van der Waals surface area (Å²) >= 11 is 0. The van der Waals surface area contributed by atoms with Gasteiger partial charge in [-0.15, -0.1) is 0 Å². The van der Waals surface area contributed by atoms with E-state index in [4.69, 9.17) is 0 Å². The number of hydrogen-bond acceptors (Lipinski definition) is 2. The molecule has 100 valence electrons. The molecule has 1 aliphatic rings. The van der Waals surface area contributed by atoms with E-state index in [2.05, 4.69) is 54.4 Å². The molecule has 2 rings (SSSR count). The van der Waals surface area contributed by atoms with Gasteiger partial charge in [0.05, 0.1) is 0 Å². The first-order chi connectivity index (χ1) is 8.79. The fraction of sp³-hybridized carbons (Fsp3) is 0.625. The first kappa shape index (κ1) is 13.6. The molecule has 0 aromatic heterocycles. The summed E-state index contributed by atoms with van der Waals surface area (Å²) in [5, 5.41) is 3.64. The molecule has 1 aromatic carbocycles. The third-order valence-corrected chi connectivity index (χ3v) is 4.00. The van der Waals surface area contributed by atoms with Crippen molar-refractivity contribution in [2.75, 3.05) is 19.6 Å². The highest BCUT2D eigenvalue weighted by Gasteiger charge is 2.20. The number of rotatable bonds is 4. The lowest BCUT2D eigenvalue weighted by Crippen LogP contribution is -2.42. The summed E-state index contributed by atoms with van der Waals surface area (Å²) in [6.07, 6.45) is 3.67. The zero-order chi connectivity index (χ0) is 12.8. The summed E-state index contributed by atoms with van der Waals surface area (Å²) in [6.45, 7) is 8.25.